The minimum Gasteiger partial charge on any atom is -0.342 e. The lowest BCUT2D eigenvalue weighted by molar-refractivity contribution is -0.135. The fourth-order valence-electron chi connectivity index (χ4n) is 4.51. The van der Waals surface area contributed by atoms with Crippen molar-refractivity contribution in [2.24, 2.45) is 5.92 Å². The van der Waals surface area contributed by atoms with Crippen LogP contribution in [0.5, 0.6) is 0 Å². The van der Waals surface area contributed by atoms with Gasteiger partial charge in [0, 0.05) is 31.6 Å². The fraction of sp³-hybridized carbons (Fsp3) is 0.941. The molecule has 4 heteroatoms. The number of carbonyl (C=O) groups is 1. The minimum atomic E-state index is 0.397. The van der Waals surface area contributed by atoms with Crippen molar-refractivity contribution in [3.05, 3.63) is 0 Å². The molecule has 1 amide bonds. The molecule has 0 aliphatic carbocycles. The molecular formula is C17H31N3O. The molecule has 0 aromatic rings. The Bertz CT molecular complexity index is 354. The third-order valence-corrected chi connectivity index (χ3v) is 5.82. The van der Waals surface area contributed by atoms with E-state index in [1.165, 1.54) is 45.1 Å². The number of amides is 1. The first kappa shape index (κ1) is 15.3. The average Bonchev–Trinajstić information content (AvgIpc) is 2.53. The minimum absolute atomic E-state index is 0.397. The number of likely N-dealkylation sites (tertiary alicyclic amines) is 2. The van der Waals surface area contributed by atoms with Crippen LogP contribution in [0, 0.1) is 5.92 Å². The van der Waals surface area contributed by atoms with Crippen LogP contribution in [0.15, 0.2) is 0 Å². The number of nitrogens with zero attached hydrogens (tertiary/aromatic N) is 2. The summed E-state index contributed by atoms with van der Waals surface area (Å²) in [7, 11) is 2.25. The van der Waals surface area contributed by atoms with Crippen LogP contribution in [0.4, 0.5) is 0 Å². The van der Waals surface area contributed by atoms with E-state index in [4.69, 9.17) is 0 Å². The van der Waals surface area contributed by atoms with Crippen LogP contribution in [0.25, 0.3) is 0 Å². The molecule has 0 saturated carbocycles. The van der Waals surface area contributed by atoms with Gasteiger partial charge in [0.25, 0.3) is 0 Å². The summed E-state index contributed by atoms with van der Waals surface area (Å²) in [6, 6.07) is 1.31. The molecule has 3 rings (SSSR count). The molecule has 4 nitrogen and oxygen atoms in total. The van der Waals surface area contributed by atoms with Crippen molar-refractivity contribution in [1.29, 1.82) is 0 Å². The number of rotatable bonds is 3. The quantitative estimate of drug-likeness (QED) is 0.862. The summed E-state index contributed by atoms with van der Waals surface area (Å²) in [4.78, 5) is 17.2. The van der Waals surface area contributed by atoms with E-state index in [0.29, 0.717) is 17.9 Å². The van der Waals surface area contributed by atoms with E-state index < -0.39 is 0 Å². The zero-order valence-electron chi connectivity index (χ0n) is 13.5. The normalized spacial score (nSPS) is 34.5. The molecule has 21 heavy (non-hydrogen) atoms. The zero-order chi connectivity index (χ0) is 14.7. The molecule has 3 aliphatic heterocycles. The van der Waals surface area contributed by atoms with Crippen molar-refractivity contribution >= 4 is 5.91 Å². The molecule has 0 aromatic heterocycles. The summed E-state index contributed by atoms with van der Waals surface area (Å²) in [5.41, 5.74) is 0. The third kappa shape index (κ3) is 3.78. The van der Waals surface area contributed by atoms with Crippen molar-refractivity contribution in [3.63, 3.8) is 0 Å². The van der Waals surface area contributed by atoms with Gasteiger partial charge in [0.05, 0.1) is 0 Å². The van der Waals surface area contributed by atoms with Crippen LogP contribution < -0.4 is 5.32 Å². The molecule has 3 aliphatic rings. The van der Waals surface area contributed by atoms with Crippen molar-refractivity contribution in [2.75, 3.05) is 33.2 Å². The molecule has 3 atom stereocenters. The van der Waals surface area contributed by atoms with Gasteiger partial charge < -0.3 is 15.1 Å². The smallest absolute Gasteiger partial charge is 0.222 e. The van der Waals surface area contributed by atoms with Crippen LogP contribution in [-0.4, -0.2) is 61.0 Å². The summed E-state index contributed by atoms with van der Waals surface area (Å²) in [5, 5.41) is 3.55. The Morgan fingerprint density at radius 2 is 2.05 bits per heavy atom. The van der Waals surface area contributed by atoms with E-state index in [-0.39, 0.29) is 0 Å². The summed E-state index contributed by atoms with van der Waals surface area (Å²) in [5.74, 6) is 1.11. The van der Waals surface area contributed by atoms with Gasteiger partial charge in [0.15, 0.2) is 0 Å². The average molecular weight is 293 g/mol. The molecule has 3 fully saturated rings. The van der Waals surface area contributed by atoms with Gasteiger partial charge >= 0.3 is 0 Å². The lowest BCUT2D eigenvalue weighted by Gasteiger charge is -2.46. The predicted molar refractivity (Wildman–Crippen MR) is 85.2 cm³/mol. The summed E-state index contributed by atoms with van der Waals surface area (Å²) in [6.45, 7) is 4.36. The highest BCUT2D eigenvalue weighted by atomic mass is 16.2. The van der Waals surface area contributed by atoms with E-state index >= 15 is 0 Å². The molecule has 0 radical (unpaired) electrons. The maximum Gasteiger partial charge on any atom is 0.222 e. The van der Waals surface area contributed by atoms with E-state index in [1.54, 1.807) is 0 Å². The molecule has 3 heterocycles. The Hall–Kier alpha value is -0.610. The van der Waals surface area contributed by atoms with Gasteiger partial charge in [-0.15, -0.1) is 0 Å². The van der Waals surface area contributed by atoms with Gasteiger partial charge in [-0.1, -0.05) is 6.42 Å². The fourth-order valence-corrected chi connectivity index (χ4v) is 4.51. The Kier molecular flexibility index (Phi) is 5.17. The molecule has 120 valence electrons. The monoisotopic (exact) mass is 293 g/mol. The van der Waals surface area contributed by atoms with Gasteiger partial charge in [-0.3, -0.25) is 4.79 Å². The topological polar surface area (TPSA) is 35.6 Å². The predicted octanol–water partition coefficient (Wildman–Crippen LogP) is 1.85. The van der Waals surface area contributed by atoms with Gasteiger partial charge in [-0.2, -0.15) is 0 Å². The van der Waals surface area contributed by atoms with Crippen LogP contribution in [0.3, 0.4) is 0 Å². The molecular weight excluding hydrogens is 262 g/mol. The maximum atomic E-state index is 12.5. The number of piperidine rings is 3. The van der Waals surface area contributed by atoms with Gasteiger partial charge in [0.1, 0.15) is 0 Å². The number of fused-ring (bicyclic) bond motifs is 1. The zero-order valence-corrected chi connectivity index (χ0v) is 13.5. The highest BCUT2D eigenvalue weighted by molar-refractivity contribution is 5.76. The first-order chi connectivity index (χ1) is 10.2. The highest BCUT2D eigenvalue weighted by Crippen LogP contribution is 2.30. The lowest BCUT2D eigenvalue weighted by Crippen LogP contribution is -2.54. The lowest BCUT2D eigenvalue weighted by atomic mass is 9.84. The van der Waals surface area contributed by atoms with Gasteiger partial charge in [0.2, 0.25) is 5.91 Å². The van der Waals surface area contributed by atoms with Crippen LogP contribution >= 0.6 is 0 Å². The Labute approximate surface area is 129 Å². The van der Waals surface area contributed by atoms with Crippen molar-refractivity contribution in [3.8, 4) is 0 Å². The van der Waals surface area contributed by atoms with E-state index in [2.05, 4.69) is 22.2 Å². The van der Waals surface area contributed by atoms with Gasteiger partial charge in [-0.25, -0.2) is 0 Å². The van der Waals surface area contributed by atoms with E-state index in [0.717, 1.165) is 38.5 Å². The second-order valence-corrected chi connectivity index (χ2v) is 7.26. The number of hydrogen-bond acceptors (Lipinski definition) is 3. The van der Waals surface area contributed by atoms with Gasteiger partial charge in [-0.05, 0) is 64.6 Å². The van der Waals surface area contributed by atoms with Crippen molar-refractivity contribution in [1.82, 2.24) is 15.1 Å². The Balaban J connectivity index is 1.45. The number of nitrogens with one attached hydrogen (secondary N) is 1. The first-order valence-electron chi connectivity index (χ1n) is 8.95. The Morgan fingerprint density at radius 1 is 1.14 bits per heavy atom. The molecule has 1 N–H and O–H groups in total. The largest absolute Gasteiger partial charge is 0.342 e. The number of carbonyl (C=O) groups excluding carboxylic acids is 1. The van der Waals surface area contributed by atoms with E-state index in [9.17, 15) is 4.79 Å². The Morgan fingerprint density at radius 3 is 2.86 bits per heavy atom. The summed E-state index contributed by atoms with van der Waals surface area (Å²) < 4.78 is 0. The first-order valence-corrected chi connectivity index (χ1v) is 8.95. The molecule has 0 spiro atoms. The maximum absolute atomic E-state index is 12.5. The summed E-state index contributed by atoms with van der Waals surface area (Å²) in [6.07, 6.45) is 9.43. The van der Waals surface area contributed by atoms with Crippen LogP contribution in [0.2, 0.25) is 0 Å². The van der Waals surface area contributed by atoms with Crippen LogP contribution in [0.1, 0.15) is 51.4 Å². The second kappa shape index (κ2) is 7.10. The standard InChI is InChI=1S/C17H31N3O/c1-19-11-4-5-14-13-20(12-9-16(14)19)17(21)8-7-15-6-2-3-10-18-15/h14-16,18H,2-13H2,1H3. The van der Waals surface area contributed by atoms with Crippen molar-refractivity contribution < 1.29 is 4.79 Å². The molecule has 0 aromatic carbocycles. The third-order valence-electron chi connectivity index (χ3n) is 5.82. The van der Waals surface area contributed by atoms with Crippen molar-refractivity contribution in [2.45, 2.75) is 63.5 Å². The number of hydrogen-bond donors (Lipinski definition) is 1. The SMILES string of the molecule is CN1CCCC2CN(C(=O)CCC3CCCCN3)CCC21. The van der Waals surface area contributed by atoms with Crippen LogP contribution in [-0.2, 0) is 4.79 Å². The van der Waals surface area contributed by atoms with E-state index in [1.807, 2.05) is 0 Å². The second-order valence-electron chi connectivity index (χ2n) is 7.26. The molecule has 0 bridgehead atoms. The molecule has 3 unspecified atom stereocenters. The highest BCUT2D eigenvalue weighted by Gasteiger charge is 2.35. The summed E-state index contributed by atoms with van der Waals surface area (Å²) >= 11 is 0. The molecule has 3 saturated heterocycles.